The zero-order valence-electron chi connectivity index (χ0n) is 9.65. The predicted octanol–water partition coefficient (Wildman–Crippen LogP) is 4.34. The van der Waals surface area contributed by atoms with E-state index in [0.717, 1.165) is 0 Å². The summed E-state index contributed by atoms with van der Waals surface area (Å²) in [6, 6.07) is 10.7. The van der Waals surface area contributed by atoms with E-state index in [-0.39, 0.29) is 10.8 Å². The number of urea groups is 1. The van der Waals surface area contributed by atoms with E-state index in [0.29, 0.717) is 16.4 Å². The van der Waals surface area contributed by atoms with E-state index < -0.39 is 6.03 Å². The molecular formula is C13H10Cl2N2O2. The first-order valence-electron chi connectivity index (χ1n) is 5.37. The first-order valence-corrected chi connectivity index (χ1v) is 6.13. The molecule has 2 aromatic rings. The van der Waals surface area contributed by atoms with Crippen LogP contribution < -0.4 is 10.6 Å². The quantitative estimate of drug-likeness (QED) is 0.772. The maximum atomic E-state index is 11.8. The van der Waals surface area contributed by atoms with Crippen LogP contribution in [0.25, 0.3) is 0 Å². The number of phenols is 1. The van der Waals surface area contributed by atoms with Gasteiger partial charge in [0.05, 0.1) is 15.7 Å². The second kappa shape index (κ2) is 5.82. The van der Waals surface area contributed by atoms with Gasteiger partial charge in [-0.3, -0.25) is 0 Å². The molecule has 4 nitrogen and oxygen atoms in total. The SMILES string of the molecule is O=C(Nc1cccc(O)c1)Nc1cccc(Cl)c1Cl. The van der Waals surface area contributed by atoms with Crippen molar-refractivity contribution in [1.82, 2.24) is 0 Å². The molecule has 0 aliphatic heterocycles. The van der Waals surface area contributed by atoms with Gasteiger partial charge in [-0.15, -0.1) is 0 Å². The summed E-state index contributed by atoms with van der Waals surface area (Å²) in [6.07, 6.45) is 0. The van der Waals surface area contributed by atoms with Gasteiger partial charge in [-0.1, -0.05) is 35.3 Å². The molecule has 0 saturated heterocycles. The van der Waals surface area contributed by atoms with Crippen LogP contribution in [0.2, 0.25) is 10.0 Å². The monoisotopic (exact) mass is 296 g/mol. The molecule has 0 aliphatic rings. The van der Waals surface area contributed by atoms with Crippen LogP contribution in [-0.4, -0.2) is 11.1 Å². The molecule has 0 saturated carbocycles. The first kappa shape index (κ1) is 13.5. The van der Waals surface area contributed by atoms with Crippen LogP contribution in [0.3, 0.4) is 0 Å². The van der Waals surface area contributed by atoms with E-state index in [4.69, 9.17) is 23.2 Å². The molecule has 0 spiro atoms. The Bertz CT molecular complexity index is 617. The Morgan fingerprint density at radius 2 is 1.79 bits per heavy atom. The Labute approximate surface area is 120 Å². The van der Waals surface area contributed by atoms with Gasteiger partial charge in [0, 0.05) is 11.8 Å². The fourth-order valence-corrected chi connectivity index (χ4v) is 1.82. The van der Waals surface area contributed by atoms with Gasteiger partial charge in [0.1, 0.15) is 5.75 Å². The summed E-state index contributed by atoms with van der Waals surface area (Å²) >= 11 is 11.8. The van der Waals surface area contributed by atoms with Crippen molar-refractivity contribution in [3.05, 3.63) is 52.5 Å². The summed E-state index contributed by atoms with van der Waals surface area (Å²) in [5.41, 5.74) is 0.877. The lowest BCUT2D eigenvalue weighted by Crippen LogP contribution is -2.19. The van der Waals surface area contributed by atoms with E-state index in [2.05, 4.69) is 10.6 Å². The lowest BCUT2D eigenvalue weighted by atomic mass is 10.3. The lowest BCUT2D eigenvalue weighted by molar-refractivity contribution is 0.262. The molecule has 6 heteroatoms. The number of carbonyl (C=O) groups excluding carboxylic acids is 1. The Hall–Kier alpha value is -1.91. The molecule has 2 aromatic carbocycles. The van der Waals surface area contributed by atoms with E-state index in [1.54, 1.807) is 30.3 Å². The van der Waals surface area contributed by atoms with E-state index in [1.807, 2.05) is 0 Å². The molecule has 3 N–H and O–H groups in total. The largest absolute Gasteiger partial charge is 0.508 e. The third kappa shape index (κ3) is 3.53. The summed E-state index contributed by atoms with van der Waals surface area (Å²) in [5.74, 6) is 0.0681. The smallest absolute Gasteiger partial charge is 0.323 e. The lowest BCUT2D eigenvalue weighted by Gasteiger charge is -2.09. The van der Waals surface area contributed by atoms with Crippen molar-refractivity contribution >= 4 is 40.6 Å². The van der Waals surface area contributed by atoms with E-state index >= 15 is 0 Å². The summed E-state index contributed by atoms with van der Waals surface area (Å²) < 4.78 is 0. The normalized spacial score (nSPS) is 10.0. The second-order valence-corrected chi connectivity index (χ2v) is 4.52. The van der Waals surface area contributed by atoms with Gasteiger partial charge in [0.25, 0.3) is 0 Å². The summed E-state index contributed by atoms with van der Waals surface area (Å²) in [4.78, 5) is 11.8. The van der Waals surface area contributed by atoms with Crippen LogP contribution in [0.4, 0.5) is 16.2 Å². The van der Waals surface area contributed by atoms with Crippen molar-refractivity contribution < 1.29 is 9.90 Å². The summed E-state index contributed by atoms with van der Waals surface area (Å²) in [7, 11) is 0. The van der Waals surface area contributed by atoms with Crippen LogP contribution in [0.1, 0.15) is 0 Å². The van der Waals surface area contributed by atoms with Crippen LogP contribution in [0, 0.1) is 0 Å². The third-order valence-electron chi connectivity index (χ3n) is 2.30. The van der Waals surface area contributed by atoms with Crippen molar-refractivity contribution in [3.8, 4) is 5.75 Å². The first-order chi connectivity index (χ1) is 9.06. The standard InChI is InChI=1S/C13H10Cl2N2O2/c14-10-5-2-6-11(12(10)15)17-13(19)16-8-3-1-4-9(18)7-8/h1-7,18H,(H2,16,17,19). The Morgan fingerprint density at radius 3 is 2.53 bits per heavy atom. The molecule has 0 aromatic heterocycles. The molecule has 0 fully saturated rings. The van der Waals surface area contributed by atoms with Gasteiger partial charge in [-0.25, -0.2) is 4.79 Å². The van der Waals surface area contributed by atoms with Crippen LogP contribution in [0.5, 0.6) is 5.75 Å². The van der Waals surface area contributed by atoms with Gasteiger partial charge in [0.2, 0.25) is 0 Å². The van der Waals surface area contributed by atoms with Gasteiger partial charge < -0.3 is 15.7 Å². The molecule has 0 unspecified atom stereocenters. The average Bonchev–Trinajstić information content (AvgIpc) is 2.35. The van der Waals surface area contributed by atoms with Gasteiger partial charge in [-0.05, 0) is 24.3 Å². The maximum absolute atomic E-state index is 11.8. The number of phenolic OH excluding ortho intramolecular Hbond substituents is 1. The Balaban J connectivity index is 2.08. The number of nitrogens with one attached hydrogen (secondary N) is 2. The van der Waals surface area contributed by atoms with Crippen LogP contribution in [0.15, 0.2) is 42.5 Å². The zero-order chi connectivity index (χ0) is 13.8. The van der Waals surface area contributed by atoms with Gasteiger partial charge in [0.15, 0.2) is 0 Å². The number of carbonyl (C=O) groups is 1. The van der Waals surface area contributed by atoms with E-state index in [9.17, 15) is 9.90 Å². The number of amides is 2. The Kier molecular flexibility index (Phi) is 4.14. The minimum absolute atomic E-state index is 0.0681. The minimum Gasteiger partial charge on any atom is -0.508 e. The highest BCUT2D eigenvalue weighted by Gasteiger charge is 2.08. The van der Waals surface area contributed by atoms with Crippen molar-refractivity contribution in [1.29, 1.82) is 0 Å². The van der Waals surface area contributed by atoms with Gasteiger partial charge >= 0.3 is 6.03 Å². The number of halogens is 2. The molecule has 0 aliphatic carbocycles. The topological polar surface area (TPSA) is 61.4 Å². The fourth-order valence-electron chi connectivity index (χ4n) is 1.47. The number of benzene rings is 2. The zero-order valence-corrected chi connectivity index (χ0v) is 11.2. The number of aromatic hydroxyl groups is 1. The highest BCUT2D eigenvalue weighted by atomic mass is 35.5. The maximum Gasteiger partial charge on any atom is 0.323 e. The van der Waals surface area contributed by atoms with Crippen molar-refractivity contribution in [2.45, 2.75) is 0 Å². The number of anilines is 2. The molecule has 0 heterocycles. The summed E-state index contributed by atoms with van der Waals surface area (Å²) in [5, 5.41) is 15.1. The highest BCUT2D eigenvalue weighted by Crippen LogP contribution is 2.29. The molecule has 0 bridgehead atoms. The van der Waals surface area contributed by atoms with E-state index in [1.165, 1.54) is 12.1 Å². The molecule has 0 atom stereocenters. The number of hydrogen-bond acceptors (Lipinski definition) is 2. The fraction of sp³-hybridized carbons (Fsp3) is 0. The van der Waals surface area contributed by atoms with Crippen molar-refractivity contribution in [2.24, 2.45) is 0 Å². The third-order valence-corrected chi connectivity index (χ3v) is 3.12. The molecule has 0 radical (unpaired) electrons. The summed E-state index contributed by atoms with van der Waals surface area (Å²) in [6.45, 7) is 0. The molecule has 98 valence electrons. The predicted molar refractivity (Wildman–Crippen MR) is 77.2 cm³/mol. The van der Waals surface area contributed by atoms with Crippen molar-refractivity contribution in [3.63, 3.8) is 0 Å². The molecule has 19 heavy (non-hydrogen) atoms. The number of rotatable bonds is 2. The van der Waals surface area contributed by atoms with Crippen molar-refractivity contribution in [2.75, 3.05) is 10.6 Å². The van der Waals surface area contributed by atoms with Crippen LogP contribution >= 0.6 is 23.2 Å². The minimum atomic E-state index is -0.477. The molecular weight excluding hydrogens is 287 g/mol. The highest BCUT2D eigenvalue weighted by molar-refractivity contribution is 6.44. The molecule has 2 amide bonds. The Morgan fingerprint density at radius 1 is 1.05 bits per heavy atom. The number of hydrogen-bond donors (Lipinski definition) is 3. The molecule has 2 rings (SSSR count). The average molecular weight is 297 g/mol. The second-order valence-electron chi connectivity index (χ2n) is 3.73. The van der Waals surface area contributed by atoms with Gasteiger partial charge in [-0.2, -0.15) is 0 Å². The van der Waals surface area contributed by atoms with Crippen LogP contribution in [-0.2, 0) is 0 Å².